The molecule has 0 bridgehead atoms. The van der Waals surface area contributed by atoms with Crippen LogP contribution in [0.3, 0.4) is 0 Å². The monoisotopic (exact) mass is 379 g/mol. The minimum Gasteiger partial charge on any atom is -0.339 e. The Kier molecular flexibility index (Phi) is 19.4. The average Bonchev–Trinajstić information content (AvgIpc) is 2.63. The molecule has 0 aromatic heterocycles. The third-order valence-electron chi connectivity index (χ3n) is 5.29. The van der Waals surface area contributed by atoms with Crippen LogP contribution >= 0.6 is 0 Å². The number of carbonyl (C=O) groups excluding carboxylic acids is 1. The summed E-state index contributed by atoms with van der Waals surface area (Å²) in [5, 5.41) is 0. The van der Waals surface area contributed by atoms with Crippen molar-refractivity contribution in [3.05, 3.63) is 11.6 Å². The van der Waals surface area contributed by atoms with E-state index in [2.05, 4.69) is 18.7 Å². The second kappa shape index (κ2) is 20.0. The van der Waals surface area contributed by atoms with Crippen molar-refractivity contribution in [1.29, 1.82) is 0 Å². The lowest BCUT2D eigenvalue weighted by Gasteiger charge is -2.21. The predicted molar refractivity (Wildman–Crippen MR) is 121 cm³/mol. The van der Waals surface area contributed by atoms with Gasteiger partial charge >= 0.3 is 0 Å². The van der Waals surface area contributed by atoms with Crippen LogP contribution in [-0.2, 0) is 4.79 Å². The maximum Gasteiger partial charge on any atom is 0.246 e. The number of amides is 1. The molecule has 0 radical (unpaired) electrons. The second-order valence-electron chi connectivity index (χ2n) is 8.50. The normalized spacial score (nSPS) is 10.8. The van der Waals surface area contributed by atoms with Gasteiger partial charge in [0.05, 0.1) is 0 Å². The zero-order valence-corrected chi connectivity index (χ0v) is 19.2. The molecule has 0 atom stereocenters. The fourth-order valence-electron chi connectivity index (χ4n) is 3.54. The van der Waals surface area contributed by atoms with E-state index in [1.54, 1.807) is 0 Å². The first-order valence-corrected chi connectivity index (χ1v) is 12.1. The average molecular weight is 380 g/mol. The van der Waals surface area contributed by atoms with Gasteiger partial charge in [-0.3, -0.25) is 4.79 Å². The molecule has 0 aliphatic carbocycles. The standard InChI is InChI=1S/C25H49NO/c1-5-7-9-11-13-15-17-19-21-26(25(27)23-24(3)4)22-20-18-16-14-12-10-8-6-2/h23H,5-22H2,1-4H3. The van der Waals surface area contributed by atoms with Crippen molar-refractivity contribution in [2.45, 2.75) is 130 Å². The van der Waals surface area contributed by atoms with Gasteiger partial charge in [-0.15, -0.1) is 0 Å². The number of carbonyl (C=O) groups is 1. The van der Waals surface area contributed by atoms with Crippen LogP contribution in [-0.4, -0.2) is 23.9 Å². The molecular weight excluding hydrogens is 330 g/mol. The molecule has 0 saturated heterocycles. The number of rotatable bonds is 19. The number of unbranched alkanes of at least 4 members (excludes halogenated alkanes) is 14. The van der Waals surface area contributed by atoms with Crippen molar-refractivity contribution in [1.82, 2.24) is 4.90 Å². The number of hydrogen-bond acceptors (Lipinski definition) is 1. The summed E-state index contributed by atoms with van der Waals surface area (Å²) in [6, 6.07) is 0. The first kappa shape index (κ1) is 26.2. The van der Waals surface area contributed by atoms with Crippen LogP contribution in [0.1, 0.15) is 130 Å². The summed E-state index contributed by atoms with van der Waals surface area (Å²) in [5.41, 5.74) is 1.11. The molecule has 0 unspecified atom stereocenters. The fraction of sp³-hybridized carbons (Fsp3) is 0.880. The highest BCUT2D eigenvalue weighted by Gasteiger charge is 2.10. The lowest BCUT2D eigenvalue weighted by molar-refractivity contribution is -0.126. The summed E-state index contributed by atoms with van der Waals surface area (Å²) in [6.45, 7) is 10.4. The van der Waals surface area contributed by atoms with Crippen molar-refractivity contribution in [2.24, 2.45) is 0 Å². The van der Waals surface area contributed by atoms with Gasteiger partial charge in [0.1, 0.15) is 0 Å². The number of hydrogen-bond donors (Lipinski definition) is 0. The van der Waals surface area contributed by atoms with Crippen LogP contribution in [0.15, 0.2) is 11.6 Å². The van der Waals surface area contributed by atoms with E-state index in [9.17, 15) is 4.79 Å². The first-order chi connectivity index (χ1) is 13.1. The predicted octanol–water partition coefficient (Wildman–Crippen LogP) is 8.06. The second-order valence-corrected chi connectivity index (χ2v) is 8.50. The molecule has 0 aromatic rings. The van der Waals surface area contributed by atoms with Crippen LogP contribution in [0.25, 0.3) is 0 Å². The summed E-state index contributed by atoms with van der Waals surface area (Å²) in [7, 11) is 0. The molecule has 0 rings (SSSR count). The van der Waals surface area contributed by atoms with Crippen LogP contribution in [0.4, 0.5) is 0 Å². The van der Waals surface area contributed by atoms with Crippen molar-refractivity contribution < 1.29 is 4.79 Å². The highest BCUT2D eigenvalue weighted by Crippen LogP contribution is 2.12. The lowest BCUT2D eigenvalue weighted by atomic mass is 10.1. The van der Waals surface area contributed by atoms with Gasteiger partial charge < -0.3 is 4.90 Å². The smallest absolute Gasteiger partial charge is 0.246 e. The van der Waals surface area contributed by atoms with Gasteiger partial charge in [-0.2, -0.15) is 0 Å². The van der Waals surface area contributed by atoms with E-state index in [0.717, 1.165) is 31.5 Å². The van der Waals surface area contributed by atoms with Gasteiger partial charge in [0.2, 0.25) is 5.91 Å². The first-order valence-electron chi connectivity index (χ1n) is 12.1. The van der Waals surface area contributed by atoms with E-state index < -0.39 is 0 Å². The SMILES string of the molecule is CCCCCCCCCCN(CCCCCCCCCC)C(=O)C=C(C)C. The van der Waals surface area contributed by atoms with E-state index in [1.165, 1.54) is 89.9 Å². The maximum absolute atomic E-state index is 12.5. The molecule has 2 nitrogen and oxygen atoms in total. The molecule has 0 aromatic carbocycles. The molecule has 0 fully saturated rings. The number of nitrogens with zero attached hydrogens (tertiary/aromatic N) is 1. The summed E-state index contributed by atoms with van der Waals surface area (Å²) in [5.74, 6) is 0.223. The molecule has 2 heteroatoms. The van der Waals surface area contributed by atoms with E-state index in [1.807, 2.05) is 19.9 Å². The summed E-state index contributed by atoms with van der Waals surface area (Å²) in [6.07, 6.45) is 23.0. The minimum absolute atomic E-state index is 0.223. The molecule has 1 amide bonds. The lowest BCUT2D eigenvalue weighted by Crippen LogP contribution is -2.31. The third kappa shape index (κ3) is 18.3. The van der Waals surface area contributed by atoms with Crippen molar-refractivity contribution in [3.8, 4) is 0 Å². The largest absolute Gasteiger partial charge is 0.339 e. The van der Waals surface area contributed by atoms with Gasteiger partial charge in [-0.25, -0.2) is 0 Å². The van der Waals surface area contributed by atoms with Crippen molar-refractivity contribution in [3.63, 3.8) is 0 Å². The zero-order valence-electron chi connectivity index (χ0n) is 19.2. The van der Waals surface area contributed by atoms with Gasteiger partial charge in [0.25, 0.3) is 0 Å². The van der Waals surface area contributed by atoms with E-state index in [-0.39, 0.29) is 5.91 Å². The third-order valence-corrected chi connectivity index (χ3v) is 5.29. The minimum atomic E-state index is 0.223. The maximum atomic E-state index is 12.5. The van der Waals surface area contributed by atoms with Crippen LogP contribution in [0.5, 0.6) is 0 Å². The molecule has 27 heavy (non-hydrogen) atoms. The summed E-state index contributed by atoms with van der Waals surface area (Å²) < 4.78 is 0. The Morgan fingerprint density at radius 3 is 1.26 bits per heavy atom. The van der Waals surface area contributed by atoms with Gasteiger partial charge in [0, 0.05) is 19.2 Å². The van der Waals surface area contributed by atoms with Gasteiger partial charge in [0.15, 0.2) is 0 Å². The molecular formula is C25H49NO. The Morgan fingerprint density at radius 2 is 0.926 bits per heavy atom. The van der Waals surface area contributed by atoms with E-state index in [4.69, 9.17) is 0 Å². The molecule has 0 aliphatic rings. The quantitative estimate of drug-likeness (QED) is 0.164. The Labute approximate surface area is 171 Å². The molecule has 0 heterocycles. The highest BCUT2D eigenvalue weighted by atomic mass is 16.2. The van der Waals surface area contributed by atoms with Crippen LogP contribution in [0.2, 0.25) is 0 Å². The Hall–Kier alpha value is -0.790. The Bertz CT molecular complexity index is 337. The Morgan fingerprint density at radius 1 is 0.593 bits per heavy atom. The molecule has 0 saturated carbocycles. The van der Waals surface area contributed by atoms with Crippen LogP contribution in [0, 0.1) is 0 Å². The van der Waals surface area contributed by atoms with E-state index >= 15 is 0 Å². The molecule has 160 valence electrons. The Balaban J connectivity index is 3.95. The van der Waals surface area contributed by atoms with Gasteiger partial charge in [-0.1, -0.05) is 109 Å². The van der Waals surface area contributed by atoms with E-state index in [0.29, 0.717) is 0 Å². The topological polar surface area (TPSA) is 20.3 Å². The molecule has 0 spiro atoms. The van der Waals surface area contributed by atoms with Crippen molar-refractivity contribution in [2.75, 3.05) is 13.1 Å². The molecule has 0 aliphatic heterocycles. The fourth-order valence-corrected chi connectivity index (χ4v) is 3.54. The van der Waals surface area contributed by atoms with Crippen molar-refractivity contribution >= 4 is 5.91 Å². The zero-order chi connectivity index (χ0) is 20.2. The summed E-state index contributed by atoms with van der Waals surface area (Å²) in [4.78, 5) is 14.6. The number of allylic oxidation sites excluding steroid dienone is 1. The highest BCUT2D eigenvalue weighted by molar-refractivity contribution is 5.88. The van der Waals surface area contributed by atoms with Crippen LogP contribution < -0.4 is 0 Å². The van der Waals surface area contributed by atoms with Gasteiger partial charge in [-0.05, 0) is 26.7 Å². The molecule has 0 N–H and O–H groups in total. The summed E-state index contributed by atoms with van der Waals surface area (Å²) >= 11 is 0.